The summed E-state index contributed by atoms with van der Waals surface area (Å²) in [5, 5.41) is 3.37. The molecule has 0 fully saturated rings. The molecular formula is C16H15Br2F2N. The largest absolute Gasteiger partial charge is 0.306 e. The van der Waals surface area contributed by atoms with Gasteiger partial charge in [-0.2, -0.15) is 0 Å². The van der Waals surface area contributed by atoms with Crippen molar-refractivity contribution in [2.24, 2.45) is 0 Å². The van der Waals surface area contributed by atoms with E-state index in [9.17, 15) is 8.78 Å². The Bertz CT molecular complexity index is 580. The van der Waals surface area contributed by atoms with Gasteiger partial charge in [-0.3, -0.25) is 0 Å². The predicted octanol–water partition coefficient (Wildman–Crippen LogP) is 5.58. The van der Waals surface area contributed by atoms with E-state index in [1.54, 1.807) is 18.2 Å². The van der Waals surface area contributed by atoms with Gasteiger partial charge in [0.1, 0.15) is 11.6 Å². The highest BCUT2D eigenvalue weighted by molar-refractivity contribution is 9.10. The first-order valence-electron chi connectivity index (χ1n) is 6.66. The topological polar surface area (TPSA) is 12.0 Å². The minimum atomic E-state index is -0.310. The minimum absolute atomic E-state index is 0.176. The van der Waals surface area contributed by atoms with Gasteiger partial charge in [0.15, 0.2) is 0 Å². The summed E-state index contributed by atoms with van der Waals surface area (Å²) in [6, 6.07) is 9.71. The first-order valence-corrected chi connectivity index (χ1v) is 8.24. The van der Waals surface area contributed by atoms with Gasteiger partial charge >= 0.3 is 0 Å². The maximum Gasteiger partial charge on any atom is 0.137 e. The maximum absolute atomic E-state index is 13.8. The van der Waals surface area contributed by atoms with Gasteiger partial charge in [-0.05, 0) is 80.2 Å². The molecule has 1 N–H and O–H groups in total. The van der Waals surface area contributed by atoms with Gasteiger partial charge in [-0.1, -0.05) is 19.1 Å². The molecule has 0 radical (unpaired) electrons. The van der Waals surface area contributed by atoms with Crippen molar-refractivity contribution in [1.29, 1.82) is 0 Å². The zero-order chi connectivity index (χ0) is 15.4. The van der Waals surface area contributed by atoms with Crippen LogP contribution in [0.4, 0.5) is 8.78 Å². The first kappa shape index (κ1) is 16.6. The van der Waals surface area contributed by atoms with Gasteiger partial charge in [0, 0.05) is 0 Å². The molecule has 112 valence electrons. The molecule has 0 saturated heterocycles. The van der Waals surface area contributed by atoms with Crippen molar-refractivity contribution in [1.82, 2.24) is 5.32 Å². The lowest BCUT2D eigenvalue weighted by atomic mass is 9.98. The Morgan fingerprint density at radius 1 is 0.952 bits per heavy atom. The van der Waals surface area contributed by atoms with Gasteiger partial charge in [0.25, 0.3) is 0 Å². The summed E-state index contributed by atoms with van der Waals surface area (Å²) >= 11 is 6.35. The van der Waals surface area contributed by atoms with Crippen molar-refractivity contribution >= 4 is 31.9 Å². The molecule has 0 aromatic heterocycles. The van der Waals surface area contributed by atoms with Crippen molar-refractivity contribution in [3.63, 3.8) is 0 Å². The molecule has 5 heteroatoms. The molecule has 0 heterocycles. The molecule has 0 aliphatic rings. The molecule has 1 atom stereocenters. The molecule has 2 aromatic carbocycles. The van der Waals surface area contributed by atoms with Crippen LogP contribution < -0.4 is 5.32 Å². The van der Waals surface area contributed by atoms with Crippen molar-refractivity contribution < 1.29 is 8.78 Å². The van der Waals surface area contributed by atoms with Crippen LogP contribution in [0.1, 0.15) is 30.5 Å². The third kappa shape index (κ3) is 4.11. The summed E-state index contributed by atoms with van der Waals surface area (Å²) in [5.74, 6) is -0.619. The molecular weight excluding hydrogens is 404 g/mol. The Balaban J connectivity index is 2.41. The first-order chi connectivity index (χ1) is 10.0. The lowest BCUT2D eigenvalue weighted by molar-refractivity contribution is 0.579. The van der Waals surface area contributed by atoms with Gasteiger partial charge in [0.05, 0.1) is 15.0 Å². The van der Waals surface area contributed by atoms with E-state index in [0.717, 1.165) is 24.1 Å². The highest BCUT2D eigenvalue weighted by Gasteiger charge is 2.16. The Morgan fingerprint density at radius 2 is 1.62 bits per heavy atom. The zero-order valence-electron chi connectivity index (χ0n) is 11.5. The van der Waals surface area contributed by atoms with Gasteiger partial charge in [-0.25, -0.2) is 8.78 Å². The van der Waals surface area contributed by atoms with Crippen LogP contribution in [0.3, 0.4) is 0 Å². The lowest BCUT2D eigenvalue weighted by Gasteiger charge is -2.20. The number of nitrogens with one attached hydrogen (secondary N) is 1. The van der Waals surface area contributed by atoms with Gasteiger partial charge in [0.2, 0.25) is 0 Å². The summed E-state index contributed by atoms with van der Waals surface area (Å²) in [7, 11) is 0. The van der Waals surface area contributed by atoms with Crippen LogP contribution in [0.5, 0.6) is 0 Å². The second-order valence-electron chi connectivity index (χ2n) is 4.73. The Hall–Kier alpha value is -0.780. The van der Waals surface area contributed by atoms with E-state index in [0.29, 0.717) is 8.95 Å². The van der Waals surface area contributed by atoms with Gasteiger partial charge in [-0.15, -0.1) is 0 Å². The number of hydrogen-bond acceptors (Lipinski definition) is 1. The fraction of sp³-hybridized carbons (Fsp3) is 0.250. The maximum atomic E-state index is 13.8. The summed E-state index contributed by atoms with van der Waals surface area (Å²) in [5.41, 5.74) is 1.70. The van der Waals surface area contributed by atoms with E-state index in [-0.39, 0.29) is 17.7 Å². The summed E-state index contributed by atoms with van der Waals surface area (Å²) in [6.45, 7) is 2.85. The summed E-state index contributed by atoms with van der Waals surface area (Å²) in [6.07, 6.45) is 0.956. The second kappa shape index (κ2) is 7.47. The highest BCUT2D eigenvalue weighted by atomic mass is 79.9. The fourth-order valence-electron chi connectivity index (χ4n) is 2.10. The Morgan fingerprint density at radius 3 is 2.24 bits per heavy atom. The minimum Gasteiger partial charge on any atom is -0.306 e. The van der Waals surface area contributed by atoms with Gasteiger partial charge < -0.3 is 5.32 Å². The molecule has 0 aliphatic carbocycles. The number of halogens is 4. The molecule has 21 heavy (non-hydrogen) atoms. The summed E-state index contributed by atoms with van der Waals surface area (Å²) < 4.78 is 28.0. The van der Waals surface area contributed by atoms with E-state index >= 15 is 0 Å². The monoisotopic (exact) mass is 417 g/mol. The van der Waals surface area contributed by atoms with Crippen LogP contribution in [0.15, 0.2) is 45.3 Å². The van der Waals surface area contributed by atoms with Crippen LogP contribution in [0.25, 0.3) is 0 Å². The molecule has 2 rings (SSSR count). The average molecular weight is 419 g/mol. The molecule has 0 saturated carbocycles. The molecule has 0 aliphatic heterocycles. The number of hydrogen-bond donors (Lipinski definition) is 1. The third-order valence-corrected chi connectivity index (χ3v) is 4.40. The van der Waals surface area contributed by atoms with Crippen molar-refractivity contribution in [3.05, 3.63) is 68.1 Å². The molecule has 1 unspecified atom stereocenters. The van der Waals surface area contributed by atoms with E-state index in [4.69, 9.17) is 0 Å². The fourth-order valence-corrected chi connectivity index (χ4v) is 2.74. The van der Waals surface area contributed by atoms with Crippen molar-refractivity contribution in [2.45, 2.75) is 19.4 Å². The van der Waals surface area contributed by atoms with Crippen LogP contribution in [0, 0.1) is 11.6 Å². The van der Waals surface area contributed by atoms with Crippen molar-refractivity contribution in [3.8, 4) is 0 Å². The average Bonchev–Trinajstić information content (AvgIpc) is 2.46. The normalized spacial score (nSPS) is 12.4. The molecule has 0 amide bonds. The van der Waals surface area contributed by atoms with E-state index < -0.39 is 0 Å². The third-order valence-electron chi connectivity index (χ3n) is 3.15. The number of benzene rings is 2. The number of rotatable bonds is 5. The van der Waals surface area contributed by atoms with Crippen molar-refractivity contribution in [2.75, 3.05) is 6.54 Å². The van der Waals surface area contributed by atoms with E-state index in [2.05, 4.69) is 44.1 Å². The van der Waals surface area contributed by atoms with Crippen LogP contribution in [-0.4, -0.2) is 6.54 Å². The second-order valence-corrected chi connectivity index (χ2v) is 6.44. The highest BCUT2D eigenvalue weighted by Crippen LogP contribution is 2.28. The van der Waals surface area contributed by atoms with Crippen LogP contribution >= 0.6 is 31.9 Å². The van der Waals surface area contributed by atoms with Crippen LogP contribution in [-0.2, 0) is 0 Å². The summed E-state index contributed by atoms with van der Waals surface area (Å²) in [4.78, 5) is 0. The quantitative estimate of drug-likeness (QED) is 0.668. The zero-order valence-corrected chi connectivity index (χ0v) is 14.6. The van der Waals surface area contributed by atoms with E-state index in [1.165, 1.54) is 12.1 Å². The molecule has 0 bridgehead atoms. The Labute approximate surface area is 140 Å². The standard InChI is InChI=1S/C16H15Br2F2N/c1-2-7-21-16(10-4-6-14(19)13(18)8-10)11-3-5-12(17)15(20)9-11/h3-6,8-9,16,21H,2,7H2,1H3. The Kier molecular flexibility index (Phi) is 5.90. The predicted molar refractivity (Wildman–Crippen MR) is 88.3 cm³/mol. The van der Waals surface area contributed by atoms with Crippen LogP contribution in [0.2, 0.25) is 0 Å². The molecule has 0 spiro atoms. The lowest BCUT2D eigenvalue weighted by Crippen LogP contribution is -2.23. The molecule has 1 nitrogen and oxygen atoms in total. The smallest absolute Gasteiger partial charge is 0.137 e. The SMILES string of the molecule is CCCNC(c1ccc(Br)c(F)c1)c1ccc(F)c(Br)c1. The molecule has 2 aromatic rings. The van der Waals surface area contributed by atoms with E-state index in [1.807, 2.05) is 6.07 Å².